The van der Waals surface area contributed by atoms with E-state index in [4.69, 9.17) is 11.6 Å². The van der Waals surface area contributed by atoms with Gasteiger partial charge >= 0.3 is 0 Å². The van der Waals surface area contributed by atoms with Gasteiger partial charge in [-0.2, -0.15) is 0 Å². The topological polar surface area (TPSA) is 30.0 Å². The Kier molecular flexibility index (Phi) is 8.21. The molecule has 172 valence electrons. The van der Waals surface area contributed by atoms with Crippen LogP contribution in [0.15, 0.2) is 18.2 Å². The van der Waals surface area contributed by atoms with Crippen LogP contribution in [0.2, 0.25) is 5.02 Å². The van der Waals surface area contributed by atoms with E-state index in [9.17, 15) is 9.18 Å². The lowest BCUT2D eigenvalue weighted by atomic mass is 9.89. The predicted molar refractivity (Wildman–Crippen MR) is 123 cm³/mol. The third-order valence-corrected chi connectivity index (χ3v) is 7.59. The molecule has 3 aliphatic rings. The Balaban J connectivity index is 1.16. The highest BCUT2D eigenvalue weighted by atomic mass is 35.5. The summed E-state index contributed by atoms with van der Waals surface area (Å²) in [6.45, 7) is 9.33. The minimum atomic E-state index is -0.256. The van der Waals surface area contributed by atoms with Crippen molar-refractivity contribution in [1.29, 1.82) is 0 Å². The summed E-state index contributed by atoms with van der Waals surface area (Å²) in [7, 11) is 0. The summed E-state index contributed by atoms with van der Waals surface area (Å²) in [4.78, 5) is 21.9. The van der Waals surface area contributed by atoms with Crippen molar-refractivity contribution in [3.05, 3.63) is 34.6 Å². The molecule has 1 amide bonds. The Hall–Kier alpha value is -1.21. The lowest BCUT2D eigenvalue weighted by molar-refractivity contribution is -0.134. The number of hydrogen-bond acceptors (Lipinski definition) is 4. The van der Waals surface area contributed by atoms with Crippen molar-refractivity contribution in [2.24, 2.45) is 5.92 Å². The fourth-order valence-electron chi connectivity index (χ4n) is 5.22. The minimum absolute atomic E-state index is 0.226. The number of halogens is 2. The number of nitrogens with zero attached hydrogens (tertiary/aromatic N) is 4. The van der Waals surface area contributed by atoms with E-state index in [0.717, 1.165) is 45.2 Å². The molecule has 0 aromatic heterocycles. The molecule has 1 aliphatic carbocycles. The monoisotopic (exact) mass is 450 g/mol. The highest BCUT2D eigenvalue weighted by Crippen LogP contribution is 2.25. The number of carbonyl (C=O) groups is 1. The van der Waals surface area contributed by atoms with E-state index in [1.54, 1.807) is 12.1 Å². The predicted octanol–water partition coefficient (Wildman–Crippen LogP) is 3.32. The number of carbonyl (C=O) groups excluding carboxylic acids is 1. The van der Waals surface area contributed by atoms with Gasteiger partial charge in [0.15, 0.2) is 0 Å². The second-order valence-electron chi connectivity index (χ2n) is 9.44. The molecule has 1 aromatic rings. The first-order chi connectivity index (χ1) is 15.1. The zero-order chi connectivity index (χ0) is 21.6. The van der Waals surface area contributed by atoms with Gasteiger partial charge in [-0.3, -0.25) is 14.6 Å². The lowest BCUT2D eigenvalue weighted by Gasteiger charge is -2.39. The molecular formula is C24H36ClFN4O. The van der Waals surface area contributed by atoms with Crippen LogP contribution in [0.3, 0.4) is 0 Å². The molecule has 0 unspecified atom stereocenters. The number of piperazine rings is 2. The lowest BCUT2D eigenvalue weighted by Crippen LogP contribution is -2.54. The number of amides is 1. The normalized spacial score (nSPS) is 22.7. The van der Waals surface area contributed by atoms with E-state index in [1.807, 2.05) is 4.90 Å². The van der Waals surface area contributed by atoms with Crippen LogP contribution in [0.1, 0.15) is 37.7 Å². The molecule has 7 heteroatoms. The average molecular weight is 451 g/mol. The molecule has 5 nitrogen and oxygen atoms in total. The van der Waals surface area contributed by atoms with Crippen molar-refractivity contribution in [1.82, 2.24) is 19.6 Å². The molecule has 31 heavy (non-hydrogen) atoms. The Bertz CT molecular complexity index is 706. The molecule has 1 aromatic carbocycles. The quantitative estimate of drug-likeness (QED) is 0.665. The maximum Gasteiger partial charge on any atom is 0.236 e. The van der Waals surface area contributed by atoms with Crippen molar-refractivity contribution in [2.75, 3.05) is 65.4 Å². The van der Waals surface area contributed by atoms with Gasteiger partial charge in [-0.25, -0.2) is 4.39 Å². The summed E-state index contributed by atoms with van der Waals surface area (Å²) in [5.74, 6) is 0.857. The molecule has 3 fully saturated rings. The number of hydrogen-bond donors (Lipinski definition) is 0. The largest absolute Gasteiger partial charge is 0.339 e. The van der Waals surface area contributed by atoms with Crippen LogP contribution in [0.25, 0.3) is 0 Å². The summed E-state index contributed by atoms with van der Waals surface area (Å²) in [5.41, 5.74) is 0.551. The van der Waals surface area contributed by atoms with Crippen molar-refractivity contribution in [2.45, 2.75) is 38.6 Å². The van der Waals surface area contributed by atoms with Crippen LogP contribution in [0.5, 0.6) is 0 Å². The van der Waals surface area contributed by atoms with Crippen molar-refractivity contribution < 1.29 is 9.18 Å². The summed E-state index contributed by atoms with van der Waals surface area (Å²) in [6, 6.07) is 4.82. The fourth-order valence-corrected chi connectivity index (χ4v) is 5.44. The zero-order valence-electron chi connectivity index (χ0n) is 18.6. The van der Waals surface area contributed by atoms with Crippen LogP contribution < -0.4 is 0 Å². The molecule has 0 radical (unpaired) electrons. The van der Waals surface area contributed by atoms with Gasteiger partial charge in [-0.1, -0.05) is 36.9 Å². The molecule has 1 saturated carbocycles. The molecule has 2 heterocycles. The highest BCUT2D eigenvalue weighted by Gasteiger charge is 2.26. The van der Waals surface area contributed by atoms with Gasteiger partial charge in [0.05, 0.1) is 6.54 Å². The molecule has 2 saturated heterocycles. The molecule has 2 aliphatic heterocycles. The van der Waals surface area contributed by atoms with Gasteiger partial charge in [0, 0.05) is 76.0 Å². The van der Waals surface area contributed by atoms with Gasteiger partial charge in [0.1, 0.15) is 5.82 Å². The maximum atomic E-state index is 14.0. The van der Waals surface area contributed by atoms with E-state index in [1.165, 1.54) is 44.7 Å². The van der Waals surface area contributed by atoms with Gasteiger partial charge < -0.3 is 9.80 Å². The summed E-state index contributed by atoms with van der Waals surface area (Å²) < 4.78 is 14.0. The molecule has 4 rings (SSSR count). The molecule has 0 atom stereocenters. The summed E-state index contributed by atoms with van der Waals surface area (Å²) in [5, 5.41) is 0.473. The van der Waals surface area contributed by atoms with E-state index in [2.05, 4.69) is 14.7 Å². The Labute approximate surface area is 191 Å². The standard InChI is InChI=1S/C24H36ClFN4O/c25-22-7-4-8-23(26)21(22)18-28-13-15-30(16-14-28)24(31)19-29-11-9-27(10-12-29)17-20-5-2-1-3-6-20/h4,7-8,20H,1-3,5-6,9-19H2. The smallest absolute Gasteiger partial charge is 0.236 e. The van der Waals surface area contributed by atoms with Crippen molar-refractivity contribution >= 4 is 17.5 Å². The molecule has 0 spiro atoms. The van der Waals surface area contributed by atoms with E-state index in [-0.39, 0.29) is 11.7 Å². The number of rotatable bonds is 6. The first kappa shape index (κ1) is 23.0. The number of benzene rings is 1. The average Bonchev–Trinajstić information content (AvgIpc) is 2.79. The van der Waals surface area contributed by atoms with Crippen LogP contribution in [-0.4, -0.2) is 91.0 Å². The van der Waals surface area contributed by atoms with E-state index < -0.39 is 0 Å². The SMILES string of the molecule is O=C(CN1CCN(CC2CCCCC2)CC1)N1CCN(Cc2c(F)cccc2Cl)CC1. The first-order valence-corrected chi connectivity index (χ1v) is 12.3. The summed E-state index contributed by atoms with van der Waals surface area (Å²) >= 11 is 6.16. The first-order valence-electron chi connectivity index (χ1n) is 12.0. The van der Waals surface area contributed by atoms with E-state index >= 15 is 0 Å². The maximum absolute atomic E-state index is 14.0. The van der Waals surface area contributed by atoms with Crippen LogP contribution >= 0.6 is 11.6 Å². The second kappa shape index (κ2) is 11.1. The highest BCUT2D eigenvalue weighted by molar-refractivity contribution is 6.31. The van der Waals surface area contributed by atoms with Gasteiger partial charge in [0.25, 0.3) is 0 Å². The van der Waals surface area contributed by atoms with Gasteiger partial charge in [-0.15, -0.1) is 0 Å². The zero-order valence-corrected chi connectivity index (χ0v) is 19.3. The minimum Gasteiger partial charge on any atom is -0.339 e. The van der Waals surface area contributed by atoms with Crippen LogP contribution in [-0.2, 0) is 11.3 Å². The molecule has 0 N–H and O–H groups in total. The van der Waals surface area contributed by atoms with E-state index in [0.29, 0.717) is 36.8 Å². The molecular weight excluding hydrogens is 415 g/mol. The Morgan fingerprint density at radius 2 is 1.55 bits per heavy atom. The van der Waals surface area contributed by atoms with Crippen LogP contribution in [0.4, 0.5) is 4.39 Å². The Morgan fingerprint density at radius 1 is 0.903 bits per heavy atom. The van der Waals surface area contributed by atoms with Gasteiger partial charge in [0.2, 0.25) is 5.91 Å². The van der Waals surface area contributed by atoms with Crippen molar-refractivity contribution in [3.8, 4) is 0 Å². The van der Waals surface area contributed by atoms with Crippen molar-refractivity contribution in [3.63, 3.8) is 0 Å². The second-order valence-corrected chi connectivity index (χ2v) is 9.85. The fraction of sp³-hybridized carbons (Fsp3) is 0.708. The summed E-state index contributed by atoms with van der Waals surface area (Å²) in [6.07, 6.45) is 7.01. The van der Waals surface area contributed by atoms with Gasteiger partial charge in [-0.05, 0) is 30.9 Å². The third kappa shape index (κ3) is 6.41. The third-order valence-electron chi connectivity index (χ3n) is 7.23. The Morgan fingerprint density at radius 3 is 2.23 bits per heavy atom. The molecule has 0 bridgehead atoms. The van der Waals surface area contributed by atoms with Crippen LogP contribution in [0, 0.1) is 11.7 Å².